The van der Waals surface area contributed by atoms with Crippen LogP contribution in [0.3, 0.4) is 0 Å². The number of hydrogen-bond donors (Lipinski definition) is 1. The number of rotatable bonds is 0. The van der Waals surface area contributed by atoms with Crippen molar-refractivity contribution in [1.29, 1.82) is 0 Å². The number of carbonyl (C=O) groups excluding carboxylic acids is 1. The molecule has 0 amide bonds. The second kappa shape index (κ2) is 2.78. The minimum atomic E-state index is 0.334. The van der Waals surface area contributed by atoms with Gasteiger partial charge in [-0.1, -0.05) is 12.2 Å². The summed E-state index contributed by atoms with van der Waals surface area (Å²) in [5.74, 6) is 1.27. The van der Waals surface area contributed by atoms with Gasteiger partial charge in [-0.25, -0.2) is 0 Å². The Kier molecular flexibility index (Phi) is 1.78. The summed E-state index contributed by atoms with van der Waals surface area (Å²) in [7, 11) is 0. The van der Waals surface area contributed by atoms with Crippen molar-refractivity contribution in [1.82, 2.24) is 5.32 Å². The highest BCUT2D eigenvalue weighted by atomic mass is 16.1. The lowest BCUT2D eigenvalue weighted by molar-refractivity contribution is -0.124. The van der Waals surface area contributed by atoms with Gasteiger partial charge < -0.3 is 5.32 Å². The van der Waals surface area contributed by atoms with Gasteiger partial charge in [0, 0.05) is 18.9 Å². The fourth-order valence-corrected chi connectivity index (χ4v) is 1.99. The van der Waals surface area contributed by atoms with Gasteiger partial charge in [0.15, 0.2) is 0 Å². The van der Waals surface area contributed by atoms with Crippen LogP contribution in [0.25, 0.3) is 0 Å². The summed E-state index contributed by atoms with van der Waals surface area (Å²) in [5.41, 5.74) is 0. The van der Waals surface area contributed by atoms with Crippen LogP contribution in [0.1, 0.15) is 12.8 Å². The Morgan fingerprint density at radius 2 is 2.45 bits per heavy atom. The first-order valence-electron chi connectivity index (χ1n) is 4.28. The van der Waals surface area contributed by atoms with Crippen LogP contribution in [-0.2, 0) is 4.79 Å². The Morgan fingerprint density at radius 1 is 1.55 bits per heavy atom. The second-order valence-corrected chi connectivity index (χ2v) is 3.36. The summed E-state index contributed by atoms with van der Waals surface area (Å²) < 4.78 is 0. The van der Waals surface area contributed by atoms with Crippen molar-refractivity contribution < 1.29 is 4.79 Å². The van der Waals surface area contributed by atoms with Gasteiger partial charge in [0.1, 0.15) is 5.78 Å². The molecule has 60 valence electrons. The molecule has 1 aliphatic carbocycles. The van der Waals surface area contributed by atoms with Crippen LogP contribution in [0.4, 0.5) is 0 Å². The highest BCUT2D eigenvalue weighted by Gasteiger charge is 2.30. The highest BCUT2D eigenvalue weighted by Crippen LogP contribution is 2.26. The maximum Gasteiger partial charge on any atom is 0.140 e. The van der Waals surface area contributed by atoms with Gasteiger partial charge in [-0.15, -0.1) is 0 Å². The first-order valence-corrected chi connectivity index (χ1v) is 4.28. The Hall–Kier alpha value is -0.630. The molecule has 0 saturated carbocycles. The SMILES string of the molecule is O=C1CC=CC2CNCCC12. The molecule has 2 rings (SSSR count). The van der Waals surface area contributed by atoms with Gasteiger partial charge in [-0.2, -0.15) is 0 Å². The molecule has 2 unspecified atom stereocenters. The van der Waals surface area contributed by atoms with E-state index in [0.29, 0.717) is 24.0 Å². The Bertz CT molecular complexity index is 198. The lowest BCUT2D eigenvalue weighted by Crippen LogP contribution is -2.40. The van der Waals surface area contributed by atoms with E-state index in [1.807, 2.05) is 6.08 Å². The number of nitrogens with one attached hydrogen (secondary N) is 1. The van der Waals surface area contributed by atoms with Crippen molar-refractivity contribution in [2.45, 2.75) is 12.8 Å². The fourth-order valence-electron chi connectivity index (χ4n) is 1.99. The largest absolute Gasteiger partial charge is 0.316 e. The van der Waals surface area contributed by atoms with E-state index in [1.54, 1.807) is 0 Å². The smallest absolute Gasteiger partial charge is 0.140 e. The first kappa shape index (κ1) is 7.04. The monoisotopic (exact) mass is 151 g/mol. The molecule has 0 radical (unpaired) electrons. The number of allylic oxidation sites excluding steroid dienone is 1. The van der Waals surface area contributed by atoms with Crippen LogP contribution in [-0.4, -0.2) is 18.9 Å². The molecule has 2 atom stereocenters. The molecule has 0 aromatic rings. The number of ketones is 1. The third-order valence-electron chi connectivity index (χ3n) is 2.64. The first-order chi connectivity index (χ1) is 5.38. The molecule has 0 bridgehead atoms. The number of carbonyl (C=O) groups is 1. The lowest BCUT2D eigenvalue weighted by atomic mass is 9.79. The van der Waals surface area contributed by atoms with Crippen molar-refractivity contribution in [2.24, 2.45) is 11.8 Å². The minimum absolute atomic E-state index is 0.334. The molecule has 1 N–H and O–H groups in total. The van der Waals surface area contributed by atoms with Crippen LogP contribution in [0.15, 0.2) is 12.2 Å². The van der Waals surface area contributed by atoms with Gasteiger partial charge in [-0.05, 0) is 18.9 Å². The average Bonchev–Trinajstić information content (AvgIpc) is 2.06. The second-order valence-electron chi connectivity index (χ2n) is 3.36. The normalized spacial score (nSPS) is 36.9. The predicted molar refractivity (Wildman–Crippen MR) is 43.2 cm³/mol. The molecule has 2 heteroatoms. The standard InChI is InChI=1S/C9H13NO/c11-9-3-1-2-7-6-10-5-4-8(7)9/h1-2,7-8,10H,3-6H2. The maximum atomic E-state index is 11.3. The third-order valence-corrected chi connectivity index (χ3v) is 2.64. The molecule has 0 spiro atoms. The van der Waals surface area contributed by atoms with Gasteiger partial charge in [0.2, 0.25) is 0 Å². The average molecular weight is 151 g/mol. The molecule has 1 heterocycles. The zero-order valence-electron chi connectivity index (χ0n) is 6.55. The highest BCUT2D eigenvalue weighted by molar-refractivity contribution is 5.84. The van der Waals surface area contributed by atoms with Crippen molar-refractivity contribution >= 4 is 5.78 Å². The van der Waals surface area contributed by atoms with Gasteiger partial charge >= 0.3 is 0 Å². The van der Waals surface area contributed by atoms with Crippen LogP contribution in [0, 0.1) is 11.8 Å². The van der Waals surface area contributed by atoms with E-state index in [2.05, 4.69) is 11.4 Å². The van der Waals surface area contributed by atoms with Crippen molar-refractivity contribution in [3.63, 3.8) is 0 Å². The number of fused-ring (bicyclic) bond motifs is 1. The van der Waals surface area contributed by atoms with E-state index in [0.717, 1.165) is 19.5 Å². The maximum absolute atomic E-state index is 11.3. The van der Waals surface area contributed by atoms with E-state index < -0.39 is 0 Å². The molecule has 11 heavy (non-hydrogen) atoms. The molecule has 1 saturated heterocycles. The zero-order valence-corrected chi connectivity index (χ0v) is 6.55. The van der Waals surface area contributed by atoms with Crippen molar-refractivity contribution in [3.8, 4) is 0 Å². The van der Waals surface area contributed by atoms with Gasteiger partial charge in [0.25, 0.3) is 0 Å². The molecule has 2 aliphatic rings. The summed E-state index contributed by atoms with van der Waals surface area (Å²) in [6, 6.07) is 0. The van der Waals surface area contributed by atoms with E-state index in [4.69, 9.17) is 0 Å². The predicted octanol–water partition coefficient (Wildman–Crippen LogP) is 0.741. The van der Waals surface area contributed by atoms with E-state index in [-0.39, 0.29) is 0 Å². The van der Waals surface area contributed by atoms with Gasteiger partial charge in [-0.3, -0.25) is 4.79 Å². The van der Waals surface area contributed by atoms with Gasteiger partial charge in [0.05, 0.1) is 0 Å². The van der Waals surface area contributed by atoms with Crippen LogP contribution in [0.2, 0.25) is 0 Å². The molecular formula is C9H13NO. The Labute approximate surface area is 66.7 Å². The Balaban J connectivity index is 2.15. The Morgan fingerprint density at radius 3 is 3.27 bits per heavy atom. The molecule has 0 aromatic heterocycles. The number of hydrogen-bond acceptors (Lipinski definition) is 2. The molecule has 1 fully saturated rings. The molecule has 2 nitrogen and oxygen atoms in total. The summed E-state index contributed by atoms with van der Waals surface area (Å²) in [5, 5.41) is 3.30. The summed E-state index contributed by atoms with van der Waals surface area (Å²) in [6.07, 6.45) is 5.91. The number of Topliss-reactive ketones (excluding diaryl/α,β-unsaturated/α-hetero) is 1. The zero-order chi connectivity index (χ0) is 7.68. The van der Waals surface area contributed by atoms with Crippen LogP contribution in [0.5, 0.6) is 0 Å². The van der Waals surface area contributed by atoms with E-state index >= 15 is 0 Å². The molecule has 1 aliphatic heterocycles. The van der Waals surface area contributed by atoms with E-state index in [1.165, 1.54) is 0 Å². The summed E-state index contributed by atoms with van der Waals surface area (Å²) in [6.45, 7) is 2.01. The molecular weight excluding hydrogens is 138 g/mol. The quantitative estimate of drug-likeness (QED) is 0.517. The summed E-state index contributed by atoms with van der Waals surface area (Å²) >= 11 is 0. The third kappa shape index (κ3) is 1.23. The van der Waals surface area contributed by atoms with Crippen LogP contribution < -0.4 is 5.32 Å². The summed E-state index contributed by atoms with van der Waals surface area (Å²) in [4.78, 5) is 11.3. The topological polar surface area (TPSA) is 29.1 Å². The minimum Gasteiger partial charge on any atom is -0.316 e. The van der Waals surface area contributed by atoms with Crippen molar-refractivity contribution in [3.05, 3.63) is 12.2 Å². The van der Waals surface area contributed by atoms with E-state index in [9.17, 15) is 4.79 Å². The molecule has 0 aromatic carbocycles. The lowest BCUT2D eigenvalue weighted by Gasteiger charge is -2.31. The fraction of sp³-hybridized carbons (Fsp3) is 0.667. The van der Waals surface area contributed by atoms with Crippen LogP contribution >= 0.6 is 0 Å². The van der Waals surface area contributed by atoms with Crippen molar-refractivity contribution in [2.75, 3.05) is 13.1 Å². The number of piperidine rings is 1.